The molecule has 0 radical (unpaired) electrons. The minimum atomic E-state index is -0.450. The Labute approximate surface area is 148 Å². The van der Waals surface area contributed by atoms with E-state index in [1.54, 1.807) is 14.2 Å². The van der Waals surface area contributed by atoms with Gasteiger partial charge in [-0.15, -0.1) is 0 Å². The van der Waals surface area contributed by atoms with Gasteiger partial charge in [0.25, 0.3) is 5.91 Å². The van der Waals surface area contributed by atoms with Crippen LogP contribution in [0.3, 0.4) is 0 Å². The number of quaternary nitrogens is 1. The van der Waals surface area contributed by atoms with E-state index in [0.717, 1.165) is 41.3 Å². The molecule has 1 aromatic carbocycles. The molecule has 7 nitrogen and oxygen atoms in total. The summed E-state index contributed by atoms with van der Waals surface area (Å²) in [6, 6.07) is 5.40. The predicted molar refractivity (Wildman–Crippen MR) is 94.0 cm³/mol. The lowest BCUT2D eigenvalue weighted by molar-refractivity contribution is -0.910. The van der Waals surface area contributed by atoms with E-state index >= 15 is 0 Å². The molecule has 2 rings (SSSR count). The molecular formula is C18H28N3O4+. The molecule has 0 aromatic heterocycles. The molecule has 3 amide bonds. The Kier molecular flexibility index (Phi) is 6.64. The van der Waals surface area contributed by atoms with Crippen molar-refractivity contribution in [2.24, 2.45) is 0 Å². The Bertz CT molecular complexity index is 618. The molecule has 0 aliphatic carbocycles. The third-order valence-corrected chi connectivity index (χ3v) is 4.36. The van der Waals surface area contributed by atoms with Crippen molar-refractivity contribution in [3.05, 3.63) is 23.8 Å². The summed E-state index contributed by atoms with van der Waals surface area (Å²) >= 11 is 0. The quantitative estimate of drug-likeness (QED) is 0.704. The van der Waals surface area contributed by atoms with E-state index < -0.39 is 6.03 Å². The van der Waals surface area contributed by atoms with Gasteiger partial charge in [0.2, 0.25) is 0 Å². The minimum absolute atomic E-state index is 0.0132. The summed E-state index contributed by atoms with van der Waals surface area (Å²) in [5, 5.41) is 5.05. The Hall–Kier alpha value is -2.28. The van der Waals surface area contributed by atoms with Crippen LogP contribution in [0.25, 0.3) is 0 Å². The maximum atomic E-state index is 12.2. The van der Waals surface area contributed by atoms with Gasteiger partial charge in [-0.1, -0.05) is 0 Å². The molecule has 1 unspecified atom stereocenters. The van der Waals surface area contributed by atoms with Crippen LogP contribution in [0, 0.1) is 0 Å². The fourth-order valence-electron chi connectivity index (χ4n) is 3.29. The SMILES string of the molecule is COc1ccc(OC)c([C@H]2CCC[NH+]2CC(=O)NC(=O)NC(C)C)c1. The van der Waals surface area contributed by atoms with Gasteiger partial charge in [0.15, 0.2) is 6.54 Å². The van der Waals surface area contributed by atoms with Crippen molar-refractivity contribution in [2.45, 2.75) is 38.8 Å². The highest BCUT2D eigenvalue weighted by molar-refractivity contribution is 5.94. The summed E-state index contributed by atoms with van der Waals surface area (Å²) in [4.78, 5) is 25.0. The van der Waals surface area contributed by atoms with Crippen LogP contribution in [-0.2, 0) is 4.79 Å². The van der Waals surface area contributed by atoms with Crippen LogP contribution in [0.2, 0.25) is 0 Å². The fraction of sp³-hybridized carbons (Fsp3) is 0.556. The lowest BCUT2D eigenvalue weighted by Gasteiger charge is -2.23. The summed E-state index contributed by atoms with van der Waals surface area (Å²) < 4.78 is 10.8. The number of hydrogen-bond donors (Lipinski definition) is 3. The number of carbonyl (C=O) groups is 2. The van der Waals surface area contributed by atoms with E-state index in [-0.39, 0.29) is 24.5 Å². The van der Waals surface area contributed by atoms with Crippen molar-refractivity contribution in [1.82, 2.24) is 10.6 Å². The maximum absolute atomic E-state index is 12.2. The number of likely N-dealkylation sites (tertiary alicyclic amines) is 1. The van der Waals surface area contributed by atoms with Gasteiger partial charge in [-0.2, -0.15) is 0 Å². The van der Waals surface area contributed by atoms with Gasteiger partial charge in [-0.3, -0.25) is 10.1 Å². The van der Waals surface area contributed by atoms with Crippen LogP contribution in [0.15, 0.2) is 18.2 Å². The highest BCUT2D eigenvalue weighted by Crippen LogP contribution is 2.31. The van der Waals surface area contributed by atoms with Gasteiger partial charge in [-0.05, 0) is 32.0 Å². The van der Waals surface area contributed by atoms with Crippen molar-refractivity contribution in [3.63, 3.8) is 0 Å². The molecule has 0 saturated carbocycles. The minimum Gasteiger partial charge on any atom is -0.497 e. The zero-order valence-corrected chi connectivity index (χ0v) is 15.3. The lowest BCUT2D eigenvalue weighted by Crippen LogP contribution is -3.11. The standard InChI is InChI=1S/C18H27N3O4/c1-12(2)19-18(23)20-17(22)11-21-9-5-6-15(21)14-10-13(24-3)7-8-16(14)25-4/h7-8,10,12,15H,5-6,9,11H2,1-4H3,(H2,19,20,22,23)/p+1/t15-/m1/s1. The largest absolute Gasteiger partial charge is 0.497 e. The van der Waals surface area contributed by atoms with Crippen LogP contribution < -0.4 is 25.0 Å². The maximum Gasteiger partial charge on any atom is 0.321 e. The van der Waals surface area contributed by atoms with Crippen molar-refractivity contribution in [2.75, 3.05) is 27.3 Å². The van der Waals surface area contributed by atoms with E-state index in [2.05, 4.69) is 10.6 Å². The summed E-state index contributed by atoms with van der Waals surface area (Å²) in [5.74, 6) is 1.29. The molecule has 1 saturated heterocycles. The summed E-state index contributed by atoms with van der Waals surface area (Å²) in [6.45, 7) is 4.82. The average Bonchev–Trinajstić information content (AvgIpc) is 3.00. The normalized spacial score (nSPS) is 19.6. The Morgan fingerprint density at radius 2 is 2.04 bits per heavy atom. The third-order valence-electron chi connectivity index (χ3n) is 4.36. The summed E-state index contributed by atoms with van der Waals surface area (Å²) in [5.41, 5.74) is 1.04. The van der Waals surface area contributed by atoms with Gasteiger partial charge in [0.05, 0.1) is 26.3 Å². The predicted octanol–water partition coefficient (Wildman–Crippen LogP) is 0.658. The summed E-state index contributed by atoms with van der Waals surface area (Å²) in [7, 11) is 3.27. The topological polar surface area (TPSA) is 81.1 Å². The number of amides is 3. The molecule has 1 aliphatic rings. The number of benzene rings is 1. The second-order valence-electron chi connectivity index (χ2n) is 6.56. The van der Waals surface area contributed by atoms with Gasteiger partial charge >= 0.3 is 6.03 Å². The first-order valence-corrected chi connectivity index (χ1v) is 8.61. The first kappa shape index (κ1) is 19.1. The Morgan fingerprint density at radius 1 is 1.28 bits per heavy atom. The zero-order chi connectivity index (χ0) is 18.4. The number of imide groups is 1. The van der Waals surface area contributed by atoms with Crippen LogP contribution >= 0.6 is 0 Å². The molecule has 7 heteroatoms. The smallest absolute Gasteiger partial charge is 0.321 e. The third kappa shape index (κ3) is 5.09. The Morgan fingerprint density at radius 3 is 2.68 bits per heavy atom. The molecule has 3 N–H and O–H groups in total. The Balaban J connectivity index is 2.07. The number of carbonyl (C=O) groups excluding carboxylic acids is 2. The van der Waals surface area contributed by atoms with Crippen molar-refractivity contribution >= 4 is 11.9 Å². The number of rotatable bonds is 6. The van der Waals surface area contributed by atoms with Crippen molar-refractivity contribution < 1.29 is 24.0 Å². The number of hydrogen-bond acceptors (Lipinski definition) is 4. The van der Waals surface area contributed by atoms with Crippen LogP contribution in [-0.4, -0.2) is 45.3 Å². The molecule has 1 heterocycles. The number of methoxy groups -OCH3 is 2. The van der Waals surface area contributed by atoms with Crippen molar-refractivity contribution in [1.29, 1.82) is 0 Å². The molecular weight excluding hydrogens is 322 g/mol. The number of nitrogens with one attached hydrogen (secondary N) is 3. The molecule has 138 valence electrons. The summed E-state index contributed by atoms with van der Waals surface area (Å²) in [6.07, 6.45) is 1.98. The zero-order valence-electron chi connectivity index (χ0n) is 15.3. The average molecular weight is 350 g/mol. The van der Waals surface area contributed by atoms with Crippen LogP contribution in [0.1, 0.15) is 38.3 Å². The monoisotopic (exact) mass is 350 g/mol. The molecule has 2 atom stereocenters. The van der Waals surface area contributed by atoms with Crippen molar-refractivity contribution in [3.8, 4) is 11.5 Å². The molecule has 1 aromatic rings. The van der Waals surface area contributed by atoms with Gasteiger partial charge < -0.3 is 19.7 Å². The highest BCUT2D eigenvalue weighted by atomic mass is 16.5. The second kappa shape index (κ2) is 8.71. The van der Waals surface area contributed by atoms with Crippen LogP contribution in [0.4, 0.5) is 4.79 Å². The molecule has 1 fully saturated rings. The molecule has 0 bridgehead atoms. The second-order valence-corrected chi connectivity index (χ2v) is 6.56. The van der Waals surface area contributed by atoms with E-state index in [1.807, 2.05) is 32.0 Å². The van der Waals surface area contributed by atoms with Gasteiger partial charge in [0, 0.05) is 18.9 Å². The number of urea groups is 1. The van der Waals surface area contributed by atoms with Crippen LogP contribution in [0.5, 0.6) is 11.5 Å². The lowest BCUT2D eigenvalue weighted by atomic mass is 10.0. The van der Waals surface area contributed by atoms with Gasteiger partial charge in [0.1, 0.15) is 17.5 Å². The molecule has 0 spiro atoms. The van der Waals surface area contributed by atoms with E-state index in [0.29, 0.717) is 0 Å². The highest BCUT2D eigenvalue weighted by Gasteiger charge is 2.34. The molecule has 1 aliphatic heterocycles. The van der Waals surface area contributed by atoms with E-state index in [4.69, 9.17) is 9.47 Å². The fourth-order valence-corrected chi connectivity index (χ4v) is 3.29. The molecule has 25 heavy (non-hydrogen) atoms. The number of ether oxygens (including phenoxy) is 2. The first-order chi connectivity index (χ1) is 11.9. The first-order valence-electron chi connectivity index (χ1n) is 8.61. The van der Waals surface area contributed by atoms with Gasteiger partial charge in [-0.25, -0.2) is 4.79 Å². The van der Waals surface area contributed by atoms with E-state index in [1.165, 1.54) is 0 Å². The van der Waals surface area contributed by atoms with E-state index in [9.17, 15) is 9.59 Å².